The van der Waals surface area contributed by atoms with Crippen molar-refractivity contribution in [2.24, 2.45) is 0 Å². The van der Waals surface area contributed by atoms with E-state index in [-0.39, 0.29) is 5.75 Å². The number of hydrogen-bond acceptors (Lipinski definition) is 5. The van der Waals surface area contributed by atoms with Gasteiger partial charge in [-0.15, -0.1) is 0 Å². The summed E-state index contributed by atoms with van der Waals surface area (Å²) in [6.45, 7) is 4.84. The number of phenolic OH excluding ortho intramolecular Hbond substituents is 1. The van der Waals surface area contributed by atoms with E-state index in [0.717, 1.165) is 38.8 Å². The lowest BCUT2D eigenvalue weighted by Gasteiger charge is -2.14. The summed E-state index contributed by atoms with van der Waals surface area (Å²) >= 11 is 12.0. The largest absolute Gasteiger partial charge is 0.508 e. The Morgan fingerprint density at radius 1 is 1.00 bits per heavy atom. The van der Waals surface area contributed by atoms with Crippen molar-refractivity contribution in [2.45, 2.75) is 44.6 Å². The number of halogens is 2. The molecule has 0 saturated heterocycles. The number of ether oxygens (including phenoxy) is 1. The third-order valence-corrected chi connectivity index (χ3v) is 5.67. The van der Waals surface area contributed by atoms with Crippen LogP contribution in [0.25, 0.3) is 0 Å². The summed E-state index contributed by atoms with van der Waals surface area (Å²) in [5, 5.41) is 23.6. The van der Waals surface area contributed by atoms with E-state index in [1.807, 2.05) is 12.1 Å². The van der Waals surface area contributed by atoms with Crippen LogP contribution in [0.3, 0.4) is 0 Å². The lowest BCUT2D eigenvalue weighted by molar-refractivity contribution is 0.119. The molecule has 2 atom stereocenters. The molecule has 0 bridgehead atoms. The molecule has 0 spiro atoms. The number of aliphatic hydroxyl groups excluding tert-OH is 1. The molecule has 30 heavy (non-hydrogen) atoms. The number of aromatic hydroxyl groups is 1. The molecule has 2 aromatic carbocycles. The van der Waals surface area contributed by atoms with Crippen molar-refractivity contribution in [2.75, 3.05) is 32.0 Å². The molecule has 0 radical (unpaired) electrons. The summed E-state index contributed by atoms with van der Waals surface area (Å²) in [4.78, 5) is 0. The standard InChI is InChI=1S/C23H32Cl2N2O3/c1-16(17-6-8-19(28)9-7-17)15-30-11-5-3-2-4-10-27-14-22(29)18-12-20(24)23(26)21(25)13-18/h6-9,12-13,16,22,27-29H,2-5,10-11,14-15,26H2,1H3. The summed E-state index contributed by atoms with van der Waals surface area (Å²) in [5.74, 6) is 0.599. The van der Waals surface area contributed by atoms with Crippen molar-refractivity contribution < 1.29 is 14.9 Å². The molecular weight excluding hydrogens is 423 g/mol. The highest BCUT2D eigenvalue weighted by atomic mass is 35.5. The van der Waals surface area contributed by atoms with Crippen LogP contribution in [0, 0.1) is 0 Å². The van der Waals surface area contributed by atoms with Crippen LogP contribution >= 0.6 is 23.2 Å². The van der Waals surface area contributed by atoms with Gasteiger partial charge in [0.15, 0.2) is 0 Å². The Balaban J connectivity index is 1.49. The van der Waals surface area contributed by atoms with Gasteiger partial charge in [0, 0.05) is 19.1 Å². The van der Waals surface area contributed by atoms with Crippen molar-refractivity contribution in [3.8, 4) is 5.75 Å². The smallest absolute Gasteiger partial charge is 0.115 e. The lowest BCUT2D eigenvalue weighted by atomic mass is 10.0. The third-order valence-electron chi connectivity index (χ3n) is 5.05. The highest BCUT2D eigenvalue weighted by Gasteiger charge is 2.12. The van der Waals surface area contributed by atoms with Gasteiger partial charge in [0.2, 0.25) is 0 Å². The number of nitrogens with two attached hydrogens (primary N) is 1. The molecule has 2 aromatic rings. The molecule has 2 rings (SSSR count). The van der Waals surface area contributed by atoms with Crippen molar-refractivity contribution in [3.63, 3.8) is 0 Å². The van der Waals surface area contributed by atoms with Crippen molar-refractivity contribution in [3.05, 3.63) is 57.6 Å². The number of nitrogen functional groups attached to an aromatic ring is 1. The maximum Gasteiger partial charge on any atom is 0.115 e. The third kappa shape index (κ3) is 8.32. The fourth-order valence-corrected chi connectivity index (χ4v) is 3.62. The lowest BCUT2D eigenvalue weighted by Crippen LogP contribution is -2.22. The normalized spacial score (nSPS) is 13.3. The van der Waals surface area contributed by atoms with Crippen LogP contribution in [0.1, 0.15) is 55.8 Å². The molecule has 0 aliphatic heterocycles. The molecule has 0 aliphatic carbocycles. The average molecular weight is 455 g/mol. The van der Waals surface area contributed by atoms with E-state index in [9.17, 15) is 10.2 Å². The predicted octanol–water partition coefficient (Wildman–Crippen LogP) is 5.28. The molecule has 0 heterocycles. The van der Waals surface area contributed by atoms with Crippen LogP contribution in [0.15, 0.2) is 36.4 Å². The maximum atomic E-state index is 10.3. The minimum absolute atomic E-state index is 0.287. The molecule has 5 nitrogen and oxygen atoms in total. The van der Waals surface area contributed by atoms with Crippen molar-refractivity contribution in [1.82, 2.24) is 5.32 Å². The first-order valence-electron chi connectivity index (χ1n) is 10.4. The molecule has 0 saturated carbocycles. The molecule has 5 N–H and O–H groups in total. The van der Waals surface area contributed by atoms with Gasteiger partial charge in [-0.2, -0.15) is 0 Å². The van der Waals surface area contributed by atoms with E-state index in [0.29, 0.717) is 40.4 Å². The van der Waals surface area contributed by atoms with Gasteiger partial charge in [-0.3, -0.25) is 0 Å². The summed E-state index contributed by atoms with van der Waals surface area (Å²) in [5.41, 5.74) is 7.88. The summed E-state index contributed by atoms with van der Waals surface area (Å²) in [7, 11) is 0. The second kappa shape index (κ2) is 13.0. The Labute approximate surface area is 189 Å². The minimum Gasteiger partial charge on any atom is -0.508 e. The van der Waals surface area contributed by atoms with Gasteiger partial charge >= 0.3 is 0 Å². The first kappa shape index (κ1) is 24.8. The van der Waals surface area contributed by atoms with Gasteiger partial charge in [-0.25, -0.2) is 0 Å². The van der Waals surface area contributed by atoms with E-state index >= 15 is 0 Å². The summed E-state index contributed by atoms with van der Waals surface area (Å²) < 4.78 is 5.77. The van der Waals surface area contributed by atoms with Crippen LogP contribution in [-0.4, -0.2) is 36.5 Å². The molecule has 0 fully saturated rings. The topological polar surface area (TPSA) is 87.7 Å². The zero-order valence-electron chi connectivity index (χ0n) is 17.4. The van der Waals surface area contributed by atoms with E-state index in [1.54, 1.807) is 24.3 Å². The zero-order chi connectivity index (χ0) is 21.9. The number of aliphatic hydroxyl groups is 1. The highest BCUT2D eigenvalue weighted by molar-refractivity contribution is 6.38. The highest BCUT2D eigenvalue weighted by Crippen LogP contribution is 2.31. The zero-order valence-corrected chi connectivity index (χ0v) is 18.9. The monoisotopic (exact) mass is 454 g/mol. The molecule has 2 unspecified atom stereocenters. The van der Waals surface area contributed by atoms with Gasteiger partial charge in [0.05, 0.1) is 28.4 Å². The molecule has 166 valence electrons. The van der Waals surface area contributed by atoms with Crippen LogP contribution in [0.4, 0.5) is 5.69 Å². The minimum atomic E-state index is -0.676. The van der Waals surface area contributed by atoms with Gasteiger partial charge in [-0.1, -0.05) is 55.1 Å². The van der Waals surface area contributed by atoms with Gasteiger partial charge < -0.3 is 26.0 Å². The Kier molecular flexibility index (Phi) is 10.8. The SMILES string of the molecule is CC(COCCCCCCNCC(O)c1cc(Cl)c(N)c(Cl)c1)c1ccc(O)cc1. The number of rotatable bonds is 13. The van der Waals surface area contributed by atoms with Crippen LogP contribution in [-0.2, 0) is 4.74 Å². The fourth-order valence-electron chi connectivity index (χ4n) is 3.12. The Morgan fingerprint density at radius 3 is 2.30 bits per heavy atom. The average Bonchev–Trinajstić information content (AvgIpc) is 2.73. The van der Waals surface area contributed by atoms with Gasteiger partial charge in [0.25, 0.3) is 0 Å². The first-order chi connectivity index (χ1) is 14.4. The predicted molar refractivity (Wildman–Crippen MR) is 125 cm³/mol. The number of nitrogens with one attached hydrogen (secondary N) is 1. The van der Waals surface area contributed by atoms with E-state index in [2.05, 4.69) is 12.2 Å². The second-order valence-corrected chi connectivity index (χ2v) is 8.41. The quantitative estimate of drug-likeness (QED) is 0.244. The molecular formula is C23H32Cl2N2O3. The van der Waals surface area contributed by atoms with Crippen molar-refractivity contribution >= 4 is 28.9 Å². The number of benzene rings is 2. The van der Waals surface area contributed by atoms with E-state index in [1.165, 1.54) is 5.56 Å². The molecule has 0 aromatic heterocycles. The number of hydrogen-bond donors (Lipinski definition) is 4. The van der Waals surface area contributed by atoms with Crippen LogP contribution < -0.4 is 11.1 Å². The fraction of sp³-hybridized carbons (Fsp3) is 0.478. The van der Waals surface area contributed by atoms with E-state index in [4.69, 9.17) is 33.7 Å². The maximum absolute atomic E-state index is 10.3. The van der Waals surface area contributed by atoms with Gasteiger partial charge in [0.1, 0.15) is 5.75 Å². The Bertz CT molecular complexity index is 749. The second-order valence-electron chi connectivity index (χ2n) is 7.60. The summed E-state index contributed by atoms with van der Waals surface area (Å²) in [6, 6.07) is 10.6. The van der Waals surface area contributed by atoms with Crippen LogP contribution in [0.5, 0.6) is 5.75 Å². The summed E-state index contributed by atoms with van der Waals surface area (Å²) in [6.07, 6.45) is 3.62. The number of unbranched alkanes of at least 4 members (excludes halogenated alkanes) is 3. The van der Waals surface area contributed by atoms with Crippen molar-refractivity contribution in [1.29, 1.82) is 0 Å². The number of anilines is 1. The Hall–Kier alpha value is -1.50. The molecule has 0 amide bonds. The number of phenols is 1. The Morgan fingerprint density at radius 2 is 1.63 bits per heavy atom. The van der Waals surface area contributed by atoms with E-state index < -0.39 is 6.10 Å². The van der Waals surface area contributed by atoms with Crippen LogP contribution in [0.2, 0.25) is 10.0 Å². The first-order valence-corrected chi connectivity index (χ1v) is 11.1. The molecule has 0 aliphatic rings. The van der Waals surface area contributed by atoms with Gasteiger partial charge in [-0.05, 0) is 54.8 Å². The molecule has 7 heteroatoms.